The zero-order chi connectivity index (χ0) is 40.2. The maximum Gasteiger partial charge on any atom is 0.490 e. The topological polar surface area (TPSA) is 116 Å². The molecule has 292 valence electrons. The van der Waals surface area contributed by atoms with Gasteiger partial charge in [0.05, 0.1) is 12.0 Å². The first kappa shape index (κ1) is 42.0. The number of amides is 1. The second kappa shape index (κ2) is 19.1. The fraction of sp³-hybridized carbons (Fsp3) is 0.300. The number of benzene rings is 4. The number of imidazole rings is 1. The number of carboxylic acids is 2. The number of halogens is 6. The quantitative estimate of drug-likeness (QED) is 0.144. The standard InChI is InChI=1S/C36H38N4O.2C2HF3O2/c1-2-3-14-32-25-39(36(41)35-16-9-13-31-12-7-8-15-34(31)35)22-21-38(32)26-33-23-37-27-40(33)24-28-17-19-30(20-18-28)29-10-5-4-6-11-29;2*3-2(4,5)1(6)7/h4-13,15-20,23,27,32H,2-3,14,21-22,24-26H2,1H3;2*(H,6,7)/t32-;;/m0../s1. The van der Waals surface area contributed by atoms with E-state index < -0.39 is 24.3 Å². The summed E-state index contributed by atoms with van der Waals surface area (Å²) in [6, 6.07) is 33.9. The molecule has 0 radical (unpaired) electrons. The molecule has 1 aliphatic heterocycles. The molecule has 15 heteroatoms. The lowest BCUT2D eigenvalue weighted by Gasteiger charge is -2.41. The Balaban J connectivity index is 0.000000410. The Labute approximate surface area is 313 Å². The van der Waals surface area contributed by atoms with Gasteiger partial charge in [-0.1, -0.05) is 111 Å². The molecule has 55 heavy (non-hydrogen) atoms. The van der Waals surface area contributed by atoms with Gasteiger partial charge in [0, 0.05) is 50.5 Å². The molecule has 1 aliphatic rings. The Morgan fingerprint density at radius 3 is 1.95 bits per heavy atom. The normalized spacial score (nSPS) is 14.7. The van der Waals surface area contributed by atoms with E-state index in [0.717, 1.165) is 68.3 Å². The number of carbonyl (C=O) groups excluding carboxylic acids is 1. The number of carbonyl (C=O) groups is 3. The second-order valence-corrected chi connectivity index (χ2v) is 12.7. The first-order valence-corrected chi connectivity index (χ1v) is 17.3. The van der Waals surface area contributed by atoms with Crippen LogP contribution in [0.2, 0.25) is 0 Å². The zero-order valence-corrected chi connectivity index (χ0v) is 29.8. The Bertz CT molecular complexity index is 1990. The summed E-state index contributed by atoms with van der Waals surface area (Å²) in [6.45, 7) is 6.24. The van der Waals surface area contributed by atoms with Crippen molar-refractivity contribution in [3.63, 3.8) is 0 Å². The molecule has 5 aromatic rings. The van der Waals surface area contributed by atoms with Gasteiger partial charge in [-0.2, -0.15) is 26.3 Å². The number of fused-ring (bicyclic) bond motifs is 1. The Morgan fingerprint density at radius 1 is 0.745 bits per heavy atom. The highest BCUT2D eigenvalue weighted by atomic mass is 19.4. The van der Waals surface area contributed by atoms with Crippen molar-refractivity contribution in [2.45, 2.75) is 57.7 Å². The number of carboxylic acid groups (broad SMARTS) is 2. The molecule has 9 nitrogen and oxygen atoms in total. The lowest BCUT2D eigenvalue weighted by atomic mass is 10.0. The summed E-state index contributed by atoms with van der Waals surface area (Å²) in [5.41, 5.74) is 5.75. The number of rotatable bonds is 9. The monoisotopic (exact) mass is 770 g/mol. The highest BCUT2D eigenvalue weighted by Crippen LogP contribution is 2.25. The van der Waals surface area contributed by atoms with Gasteiger partial charge in [0.15, 0.2) is 0 Å². The maximum absolute atomic E-state index is 13.7. The molecule has 2 heterocycles. The van der Waals surface area contributed by atoms with Crippen molar-refractivity contribution in [3.05, 3.63) is 126 Å². The smallest absolute Gasteiger partial charge is 0.475 e. The second-order valence-electron chi connectivity index (χ2n) is 12.7. The fourth-order valence-corrected chi connectivity index (χ4v) is 6.04. The molecule has 4 aromatic carbocycles. The molecule has 0 saturated carbocycles. The van der Waals surface area contributed by atoms with Crippen molar-refractivity contribution >= 4 is 28.6 Å². The summed E-state index contributed by atoms with van der Waals surface area (Å²) in [6.07, 6.45) is -2.82. The van der Waals surface area contributed by atoms with Crippen molar-refractivity contribution in [1.29, 1.82) is 0 Å². The minimum Gasteiger partial charge on any atom is -0.475 e. The van der Waals surface area contributed by atoms with E-state index in [9.17, 15) is 31.1 Å². The van der Waals surface area contributed by atoms with Gasteiger partial charge in [0.2, 0.25) is 0 Å². The molecule has 6 rings (SSSR count). The number of hydrogen-bond donors (Lipinski definition) is 2. The van der Waals surface area contributed by atoms with Crippen LogP contribution in [-0.2, 0) is 22.7 Å². The number of alkyl halides is 6. The third-order valence-corrected chi connectivity index (χ3v) is 8.87. The molecule has 1 amide bonds. The molecular formula is C40H40F6N4O5. The predicted molar refractivity (Wildman–Crippen MR) is 194 cm³/mol. The first-order chi connectivity index (χ1) is 26.1. The van der Waals surface area contributed by atoms with E-state index in [4.69, 9.17) is 19.8 Å². The third kappa shape index (κ3) is 12.2. The van der Waals surface area contributed by atoms with Crippen LogP contribution in [0.1, 0.15) is 47.8 Å². The van der Waals surface area contributed by atoms with E-state index in [1.165, 1.54) is 22.4 Å². The molecule has 1 atom stereocenters. The highest BCUT2D eigenvalue weighted by molar-refractivity contribution is 6.07. The summed E-state index contributed by atoms with van der Waals surface area (Å²) < 4.78 is 65.7. The van der Waals surface area contributed by atoms with Crippen LogP contribution in [0.25, 0.3) is 21.9 Å². The van der Waals surface area contributed by atoms with Crippen LogP contribution >= 0.6 is 0 Å². The van der Waals surface area contributed by atoms with Crippen molar-refractivity contribution in [2.75, 3.05) is 19.6 Å². The SMILES string of the molecule is CCCC[C@H]1CN(C(=O)c2cccc3ccccc23)CCN1Cc1cncn1Cc1ccc(-c2ccccc2)cc1.O=C(O)C(F)(F)F.O=C(O)C(F)(F)F. The van der Waals surface area contributed by atoms with Crippen LogP contribution in [0, 0.1) is 0 Å². The number of unbranched alkanes of at least 4 members (excludes halogenated alkanes) is 1. The minimum absolute atomic E-state index is 0.145. The average molecular weight is 771 g/mol. The van der Waals surface area contributed by atoms with E-state index in [2.05, 4.69) is 93.0 Å². The van der Waals surface area contributed by atoms with E-state index in [0.29, 0.717) is 6.04 Å². The number of aromatic nitrogens is 2. The number of piperazine rings is 1. The van der Waals surface area contributed by atoms with Crippen molar-refractivity contribution in [2.24, 2.45) is 0 Å². The van der Waals surface area contributed by atoms with Gasteiger partial charge in [-0.25, -0.2) is 14.6 Å². The molecule has 0 unspecified atom stereocenters. The largest absolute Gasteiger partial charge is 0.490 e. The molecule has 1 aromatic heterocycles. The third-order valence-electron chi connectivity index (χ3n) is 8.87. The summed E-state index contributed by atoms with van der Waals surface area (Å²) >= 11 is 0. The Kier molecular flexibility index (Phi) is 14.6. The van der Waals surface area contributed by atoms with Crippen LogP contribution < -0.4 is 0 Å². The zero-order valence-electron chi connectivity index (χ0n) is 29.8. The summed E-state index contributed by atoms with van der Waals surface area (Å²) in [4.78, 5) is 40.7. The van der Waals surface area contributed by atoms with Crippen molar-refractivity contribution in [3.8, 4) is 11.1 Å². The van der Waals surface area contributed by atoms with Gasteiger partial charge < -0.3 is 19.7 Å². The molecule has 1 saturated heterocycles. The molecule has 1 fully saturated rings. The summed E-state index contributed by atoms with van der Waals surface area (Å²) in [7, 11) is 0. The van der Waals surface area contributed by atoms with Crippen LogP contribution in [0.4, 0.5) is 26.3 Å². The van der Waals surface area contributed by atoms with Crippen LogP contribution in [0.15, 0.2) is 110 Å². The lowest BCUT2D eigenvalue weighted by Crippen LogP contribution is -2.54. The molecule has 0 aliphatic carbocycles. The molecular weight excluding hydrogens is 730 g/mol. The number of hydrogen-bond acceptors (Lipinski definition) is 5. The number of nitrogens with zero attached hydrogens (tertiary/aromatic N) is 4. The first-order valence-electron chi connectivity index (χ1n) is 17.3. The van der Waals surface area contributed by atoms with Gasteiger partial charge >= 0.3 is 24.3 Å². The average Bonchev–Trinajstić information content (AvgIpc) is 3.60. The van der Waals surface area contributed by atoms with E-state index in [1.807, 2.05) is 42.9 Å². The van der Waals surface area contributed by atoms with Crippen LogP contribution in [0.3, 0.4) is 0 Å². The van der Waals surface area contributed by atoms with E-state index in [-0.39, 0.29) is 5.91 Å². The molecule has 2 N–H and O–H groups in total. The van der Waals surface area contributed by atoms with Crippen LogP contribution in [-0.4, -0.2) is 85.4 Å². The number of aliphatic carboxylic acids is 2. The van der Waals surface area contributed by atoms with E-state index in [1.54, 1.807) is 0 Å². The molecule has 0 spiro atoms. The van der Waals surface area contributed by atoms with Crippen molar-refractivity contribution in [1.82, 2.24) is 19.4 Å². The summed E-state index contributed by atoms with van der Waals surface area (Å²) in [5.74, 6) is -5.37. The maximum atomic E-state index is 13.7. The van der Waals surface area contributed by atoms with Gasteiger partial charge in [0.1, 0.15) is 0 Å². The molecule has 0 bridgehead atoms. The van der Waals surface area contributed by atoms with Gasteiger partial charge in [0.25, 0.3) is 5.91 Å². The Morgan fingerprint density at radius 2 is 1.33 bits per heavy atom. The van der Waals surface area contributed by atoms with E-state index >= 15 is 0 Å². The van der Waals surface area contributed by atoms with Gasteiger partial charge in [-0.05, 0) is 39.9 Å². The van der Waals surface area contributed by atoms with Crippen molar-refractivity contribution < 1.29 is 50.9 Å². The predicted octanol–water partition coefficient (Wildman–Crippen LogP) is 8.54. The lowest BCUT2D eigenvalue weighted by molar-refractivity contribution is -0.193. The summed E-state index contributed by atoms with van der Waals surface area (Å²) in [5, 5.41) is 16.4. The highest BCUT2D eigenvalue weighted by Gasteiger charge is 2.39. The minimum atomic E-state index is -5.08. The van der Waals surface area contributed by atoms with Crippen LogP contribution in [0.5, 0.6) is 0 Å². The fourth-order valence-electron chi connectivity index (χ4n) is 6.04. The Hall–Kier alpha value is -5.70. The van der Waals surface area contributed by atoms with Gasteiger partial charge in [-0.3, -0.25) is 9.69 Å². The van der Waals surface area contributed by atoms with Gasteiger partial charge in [-0.15, -0.1) is 0 Å².